The summed E-state index contributed by atoms with van der Waals surface area (Å²) in [5, 5.41) is 4.87. The smallest absolute Gasteiger partial charge is 0.358 e. The van der Waals surface area contributed by atoms with Crippen molar-refractivity contribution in [3.8, 4) is 0 Å². The summed E-state index contributed by atoms with van der Waals surface area (Å²) in [4.78, 5) is 33.1. The molecule has 0 spiro atoms. The molecule has 10 heteroatoms. The van der Waals surface area contributed by atoms with Crippen LogP contribution in [0.25, 0.3) is 11.0 Å². The summed E-state index contributed by atoms with van der Waals surface area (Å²) in [6.07, 6.45) is -4.69. The molecule has 2 aromatic carbocycles. The zero-order valence-corrected chi connectivity index (χ0v) is 17.0. The summed E-state index contributed by atoms with van der Waals surface area (Å²) in [5.74, 6) is -0.453. The Labute approximate surface area is 176 Å². The number of H-pyrrole nitrogens is 1. The largest absolute Gasteiger partial charge is 0.416 e. The van der Waals surface area contributed by atoms with Gasteiger partial charge in [-0.3, -0.25) is 9.59 Å². The molecule has 0 saturated carbocycles. The van der Waals surface area contributed by atoms with Crippen LogP contribution in [0.2, 0.25) is 0 Å². The Hall–Kier alpha value is -3.56. The van der Waals surface area contributed by atoms with Gasteiger partial charge in [0.05, 0.1) is 35.6 Å². The third-order valence-corrected chi connectivity index (χ3v) is 4.88. The minimum Gasteiger partial charge on any atom is -0.358 e. The van der Waals surface area contributed by atoms with Crippen molar-refractivity contribution < 1.29 is 22.8 Å². The Kier molecular flexibility index (Phi) is 6.47. The topological polar surface area (TPSA) is 90.1 Å². The van der Waals surface area contributed by atoms with E-state index in [0.29, 0.717) is 17.0 Å². The first-order chi connectivity index (χ1) is 14.7. The molecule has 0 bridgehead atoms. The maximum atomic E-state index is 13.3. The first kappa shape index (κ1) is 22.1. The number of para-hydroxylation sites is 2. The number of nitrogens with one attached hydrogen (secondary N) is 3. The number of aromatic nitrogens is 2. The number of aromatic amines is 1. The van der Waals surface area contributed by atoms with Crippen molar-refractivity contribution in [1.82, 2.24) is 20.6 Å². The van der Waals surface area contributed by atoms with Crippen LogP contribution in [0.4, 0.5) is 19.1 Å². The standard InChI is InChI=1S/C21H22F3N5O2/c1-25-19(31)12-26-18(30)11-17(13-6-5-7-14(10-13)21(22,23)24)29(2)20-27-15-8-3-4-9-16(15)28-20/h3-10,17H,11-12H2,1-2H3,(H,25,31)(H,26,30)(H,27,28). The Bertz CT molecular complexity index is 1050. The van der Waals surface area contributed by atoms with E-state index in [-0.39, 0.29) is 18.9 Å². The second kappa shape index (κ2) is 9.07. The molecule has 0 aliphatic carbocycles. The zero-order valence-electron chi connectivity index (χ0n) is 17.0. The van der Waals surface area contributed by atoms with Crippen LogP contribution in [0.3, 0.4) is 0 Å². The Morgan fingerprint density at radius 1 is 1.13 bits per heavy atom. The number of halogens is 3. The molecule has 1 atom stereocenters. The second-order valence-electron chi connectivity index (χ2n) is 6.98. The number of anilines is 1. The van der Waals surface area contributed by atoms with Crippen LogP contribution in [0.15, 0.2) is 48.5 Å². The SMILES string of the molecule is CNC(=O)CNC(=O)CC(c1cccc(C(F)(F)F)c1)N(C)c1nc2ccccc2[nH]1. The number of imidazole rings is 1. The molecule has 1 unspecified atom stereocenters. The van der Waals surface area contributed by atoms with Gasteiger partial charge in [-0.1, -0.05) is 24.3 Å². The number of amides is 2. The number of hydrogen-bond acceptors (Lipinski definition) is 4. The average Bonchev–Trinajstić information content (AvgIpc) is 3.19. The fourth-order valence-electron chi connectivity index (χ4n) is 3.17. The third-order valence-electron chi connectivity index (χ3n) is 4.88. The normalized spacial score (nSPS) is 12.4. The molecular weight excluding hydrogens is 411 g/mol. The number of hydrogen-bond donors (Lipinski definition) is 3. The molecule has 1 aromatic heterocycles. The van der Waals surface area contributed by atoms with Gasteiger partial charge >= 0.3 is 6.18 Å². The summed E-state index contributed by atoms with van der Waals surface area (Å²) in [5.41, 5.74) is 0.944. The molecule has 1 heterocycles. The van der Waals surface area contributed by atoms with Crippen LogP contribution in [0.5, 0.6) is 0 Å². The molecule has 0 saturated heterocycles. The molecule has 7 nitrogen and oxygen atoms in total. The van der Waals surface area contributed by atoms with Gasteiger partial charge in [-0.25, -0.2) is 4.98 Å². The van der Waals surface area contributed by atoms with Gasteiger partial charge < -0.3 is 20.5 Å². The highest BCUT2D eigenvalue weighted by Gasteiger charge is 2.32. The van der Waals surface area contributed by atoms with Crippen LogP contribution < -0.4 is 15.5 Å². The first-order valence-corrected chi connectivity index (χ1v) is 9.51. The third kappa shape index (κ3) is 5.33. The lowest BCUT2D eigenvalue weighted by Crippen LogP contribution is -2.37. The van der Waals surface area contributed by atoms with Crippen LogP contribution in [0.1, 0.15) is 23.6 Å². The van der Waals surface area contributed by atoms with E-state index in [9.17, 15) is 22.8 Å². The van der Waals surface area contributed by atoms with E-state index in [1.165, 1.54) is 19.2 Å². The van der Waals surface area contributed by atoms with Gasteiger partial charge in [0.2, 0.25) is 17.8 Å². The summed E-state index contributed by atoms with van der Waals surface area (Å²) >= 11 is 0. The summed E-state index contributed by atoms with van der Waals surface area (Å²) in [6, 6.07) is 11.4. The van der Waals surface area contributed by atoms with E-state index in [1.807, 2.05) is 18.2 Å². The van der Waals surface area contributed by atoms with Gasteiger partial charge in [-0.15, -0.1) is 0 Å². The molecule has 0 fully saturated rings. The van der Waals surface area contributed by atoms with Crippen molar-refractivity contribution in [2.45, 2.75) is 18.6 Å². The monoisotopic (exact) mass is 433 g/mol. The van der Waals surface area contributed by atoms with Gasteiger partial charge in [-0.05, 0) is 29.8 Å². The molecule has 0 radical (unpaired) electrons. The van der Waals surface area contributed by atoms with E-state index in [4.69, 9.17) is 0 Å². The van der Waals surface area contributed by atoms with Gasteiger partial charge in [-0.2, -0.15) is 13.2 Å². The average molecular weight is 433 g/mol. The van der Waals surface area contributed by atoms with Crippen molar-refractivity contribution >= 4 is 28.8 Å². The molecule has 2 amide bonds. The molecule has 3 aromatic rings. The van der Waals surface area contributed by atoms with Crippen molar-refractivity contribution in [1.29, 1.82) is 0 Å². The van der Waals surface area contributed by atoms with Crippen molar-refractivity contribution in [2.75, 3.05) is 25.5 Å². The van der Waals surface area contributed by atoms with Crippen LogP contribution >= 0.6 is 0 Å². The number of fused-ring (bicyclic) bond motifs is 1. The van der Waals surface area contributed by atoms with E-state index in [1.54, 1.807) is 18.0 Å². The maximum Gasteiger partial charge on any atom is 0.416 e. The quantitative estimate of drug-likeness (QED) is 0.534. The summed E-state index contributed by atoms with van der Waals surface area (Å²) in [6.45, 7) is -0.223. The highest BCUT2D eigenvalue weighted by Crippen LogP contribution is 2.34. The van der Waals surface area contributed by atoms with E-state index in [2.05, 4.69) is 20.6 Å². The zero-order chi connectivity index (χ0) is 22.6. The van der Waals surface area contributed by atoms with Crippen LogP contribution in [-0.4, -0.2) is 42.4 Å². The molecule has 164 valence electrons. The van der Waals surface area contributed by atoms with Crippen molar-refractivity contribution in [3.63, 3.8) is 0 Å². The van der Waals surface area contributed by atoms with Gasteiger partial charge in [0, 0.05) is 14.1 Å². The number of carbonyl (C=O) groups excluding carboxylic acids is 2. The fourth-order valence-corrected chi connectivity index (χ4v) is 3.17. The molecule has 3 N–H and O–H groups in total. The lowest BCUT2D eigenvalue weighted by atomic mass is 9.99. The molecular formula is C21H22F3N5O2. The Balaban J connectivity index is 1.93. The van der Waals surface area contributed by atoms with E-state index in [0.717, 1.165) is 17.6 Å². The van der Waals surface area contributed by atoms with Crippen LogP contribution in [0, 0.1) is 0 Å². The number of carbonyl (C=O) groups is 2. The Morgan fingerprint density at radius 3 is 2.55 bits per heavy atom. The lowest BCUT2D eigenvalue weighted by molar-refractivity contribution is -0.137. The second-order valence-corrected chi connectivity index (χ2v) is 6.98. The predicted octanol–water partition coefficient (Wildman–Crippen LogP) is 3.01. The highest BCUT2D eigenvalue weighted by atomic mass is 19.4. The number of alkyl halides is 3. The lowest BCUT2D eigenvalue weighted by Gasteiger charge is -2.28. The number of likely N-dealkylation sites (N-methyl/N-ethyl adjacent to an activating group) is 1. The van der Waals surface area contributed by atoms with Gasteiger partial charge in [0.1, 0.15) is 0 Å². The van der Waals surface area contributed by atoms with Crippen LogP contribution in [-0.2, 0) is 15.8 Å². The Morgan fingerprint density at radius 2 is 1.87 bits per heavy atom. The summed E-state index contributed by atoms with van der Waals surface area (Å²) < 4.78 is 39.8. The first-order valence-electron chi connectivity index (χ1n) is 9.51. The van der Waals surface area contributed by atoms with Crippen molar-refractivity contribution in [2.24, 2.45) is 0 Å². The summed E-state index contributed by atoms with van der Waals surface area (Å²) in [7, 11) is 3.09. The number of rotatable bonds is 7. The van der Waals surface area contributed by atoms with Gasteiger partial charge in [0.25, 0.3) is 0 Å². The molecule has 0 aliphatic rings. The highest BCUT2D eigenvalue weighted by molar-refractivity contribution is 5.85. The molecule has 3 rings (SSSR count). The minimum atomic E-state index is -4.51. The number of nitrogens with zero attached hydrogens (tertiary/aromatic N) is 2. The molecule has 0 aliphatic heterocycles. The fraction of sp³-hybridized carbons (Fsp3) is 0.286. The number of benzene rings is 2. The maximum absolute atomic E-state index is 13.3. The predicted molar refractivity (Wildman–Crippen MR) is 110 cm³/mol. The van der Waals surface area contributed by atoms with Crippen molar-refractivity contribution in [3.05, 3.63) is 59.7 Å². The van der Waals surface area contributed by atoms with E-state index >= 15 is 0 Å². The van der Waals surface area contributed by atoms with E-state index < -0.39 is 23.7 Å². The van der Waals surface area contributed by atoms with Gasteiger partial charge in [0.15, 0.2) is 0 Å². The minimum absolute atomic E-state index is 0.175. The molecule has 31 heavy (non-hydrogen) atoms.